The summed E-state index contributed by atoms with van der Waals surface area (Å²) < 4.78 is 66.5. The van der Waals surface area contributed by atoms with Gasteiger partial charge in [-0.1, -0.05) is 24.0 Å². The van der Waals surface area contributed by atoms with Gasteiger partial charge in [0.2, 0.25) is 23.7 Å². The van der Waals surface area contributed by atoms with Gasteiger partial charge in [-0.2, -0.15) is 13.2 Å². The molecule has 1 unspecified atom stereocenters. The molecule has 1 atom stereocenters. The molecule has 3 aliphatic heterocycles. The number of nitrogens with one attached hydrogen (secondary N) is 3. The second kappa shape index (κ2) is 23.5. The van der Waals surface area contributed by atoms with E-state index in [2.05, 4.69) is 47.1 Å². The van der Waals surface area contributed by atoms with Crippen molar-refractivity contribution in [3.8, 4) is 11.8 Å². The number of carbonyl (C=O) groups is 3. The second-order valence-corrected chi connectivity index (χ2v) is 19.8. The highest BCUT2D eigenvalue weighted by Crippen LogP contribution is 2.35. The number of hydrogen-bond acceptors (Lipinski definition) is 13. The van der Waals surface area contributed by atoms with Crippen molar-refractivity contribution in [2.75, 3.05) is 51.2 Å². The molecule has 370 valence electrons. The monoisotopic (exact) mass is 975 g/mol. The number of allylic oxidation sites excluding steroid dienone is 1. The van der Waals surface area contributed by atoms with Gasteiger partial charge in [-0.3, -0.25) is 29.4 Å². The molecule has 3 aromatic rings. The smallest absolute Gasteiger partial charge is 0.404 e. The maximum atomic E-state index is 15.3. The summed E-state index contributed by atoms with van der Waals surface area (Å²) in [6, 6.07) is 12.3. The number of anilines is 2. The van der Waals surface area contributed by atoms with Crippen LogP contribution in [0.2, 0.25) is 0 Å². The molecule has 3 saturated heterocycles. The van der Waals surface area contributed by atoms with Gasteiger partial charge in [0.05, 0.1) is 35.5 Å². The number of carbonyl (C=O) groups excluding carboxylic acids is 3. The number of imide groups is 1. The molecule has 2 aromatic carbocycles. The quantitative estimate of drug-likeness (QED) is 0.0347. The van der Waals surface area contributed by atoms with Crippen molar-refractivity contribution < 1.29 is 41.8 Å². The zero-order valence-corrected chi connectivity index (χ0v) is 39.8. The second-order valence-electron chi connectivity index (χ2n) is 18.9. The third-order valence-corrected chi connectivity index (χ3v) is 13.9. The molecule has 0 spiro atoms. The molecular weight excluding hydrogens is 915 g/mol. The van der Waals surface area contributed by atoms with Gasteiger partial charge in [0.25, 0.3) is 0 Å². The van der Waals surface area contributed by atoms with E-state index in [1.807, 2.05) is 29.2 Å². The lowest BCUT2D eigenvalue weighted by atomic mass is 9.85. The highest BCUT2D eigenvalue weighted by molar-refractivity contribution is 7.97. The minimum absolute atomic E-state index is 0.0201. The number of alkyl halides is 3. The van der Waals surface area contributed by atoms with Gasteiger partial charge in [-0.05, 0) is 138 Å². The Kier molecular flexibility index (Phi) is 17.5. The number of aliphatic hydroxyl groups is 1. The Hall–Kier alpha value is -5.39. The molecule has 19 heteroatoms. The van der Waals surface area contributed by atoms with Crippen LogP contribution in [-0.4, -0.2) is 112 Å². The number of ether oxygens (including phenoxy) is 1. The standard InChI is InChI=1S/C50H61F4N9O5S/c1-49(2,67)31-56-28-36(27-55)45-41(50(52,53)54)29-57-48(60-45)58-43-14-12-39(26-42(43)51)69-61-37-10-8-33(9-11-37)30-62-20-16-34(17-21-62)47(66)63-22-18-38(19-23-63)68-24-4-6-32-5-3-7-35(25-32)40-13-15-44(64)59-46(40)65/h3,5,7,12,14,25-29,33-34,37-38,40,61,67H,8-11,13,15-24,30-31,55H2,1-2H3,(H,57,58,60)(H,59,64,65)/b36-27+,56-28?. The van der Waals surface area contributed by atoms with Crippen molar-refractivity contribution in [3.63, 3.8) is 0 Å². The number of piperidine rings is 3. The van der Waals surface area contributed by atoms with Crippen LogP contribution in [0.3, 0.4) is 0 Å². The minimum Gasteiger partial charge on any atom is -0.404 e. The lowest BCUT2D eigenvalue weighted by molar-refractivity contribution is -0.140. The predicted molar refractivity (Wildman–Crippen MR) is 256 cm³/mol. The number of amides is 3. The van der Waals surface area contributed by atoms with E-state index in [0.717, 1.165) is 94.5 Å². The summed E-state index contributed by atoms with van der Waals surface area (Å²) in [4.78, 5) is 54.3. The maximum Gasteiger partial charge on any atom is 0.419 e. The molecule has 6 N–H and O–H groups in total. The molecule has 69 heavy (non-hydrogen) atoms. The van der Waals surface area contributed by atoms with Gasteiger partial charge in [0.1, 0.15) is 18.0 Å². The fourth-order valence-corrected chi connectivity index (χ4v) is 10.0. The SMILES string of the molecule is CC(C)(O)CN=C/C(=C\N)c1nc(Nc2ccc(SNC3CCC(CN4CCC(C(=O)N5CCC(OCC#Cc6cccc(C7CCC(=O)NC7=O)c6)CC5)CC4)CC3)cc2F)ncc1C(F)(F)F. The first-order valence-corrected chi connectivity index (χ1v) is 24.5. The Balaban J connectivity index is 0.783. The Morgan fingerprint density at radius 3 is 2.46 bits per heavy atom. The number of rotatable bonds is 15. The number of aliphatic imine (C=N–C) groups is 1. The van der Waals surface area contributed by atoms with Crippen LogP contribution in [0.4, 0.5) is 29.2 Å². The van der Waals surface area contributed by atoms with Crippen LogP contribution >= 0.6 is 11.9 Å². The summed E-state index contributed by atoms with van der Waals surface area (Å²) in [6.07, 6.45) is 6.07. The number of nitrogens with zero attached hydrogens (tertiary/aromatic N) is 5. The van der Waals surface area contributed by atoms with Crippen LogP contribution in [0.15, 0.2) is 64.7 Å². The van der Waals surface area contributed by atoms with Crippen molar-refractivity contribution >= 4 is 53.1 Å². The normalized spacial score (nSPS) is 21.5. The lowest BCUT2D eigenvalue weighted by Gasteiger charge is -2.39. The molecule has 4 fully saturated rings. The Morgan fingerprint density at radius 2 is 1.78 bits per heavy atom. The van der Waals surface area contributed by atoms with E-state index < -0.39 is 28.9 Å². The van der Waals surface area contributed by atoms with Crippen LogP contribution in [0, 0.1) is 29.5 Å². The number of likely N-dealkylation sites (tertiary alicyclic amines) is 2. The number of nitrogens with two attached hydrogens (primary N) is 1. The summed E-state index contributed by atoms with van der Waals surface area (Å²) in [6.45, 7) is 7.40. The van der Waals surface area contributed by atoms with Crippen molar-refractivity contribution in [3.05, 3.63) is 83.1 Å². The topological polar surface area (TPSA) is 187 Å². The maximum absolute atomic E-state index is 15.3. The molecule has 7 rings (SSSR count). The van der Waals surface area contributed by atoms with Gasteiger partial charge in [-0.15, -0.1) is 0 Å². The number of hydrogen-bond donors (Lipinski definition) is 5. The molecule has 1 aliphatic carbocycles. The molecule has 3 amide bonds. The molecule has 0 bridgehead atoms. The zero-order chi connectivity index (χ0) is 49.1. The van der Waals surface area contributed by atoms with Crippen molar-refractivity contribution in [1.82, 2.24) is 29.8 Å². The molecule has 14 nitrogen and oxygen atoms in total. The van der Waals surface area contributed by atoms with Gasteiger partial charge in [0, 0.05) is 72.7 Å². The Labute approximate surface area is 404 Å². The Bertz CT molecular complexity index is 2410. The third kappa shape index (κ3) is 14.8. The van der Waals surface area contributed by atoms with E-state index in [1.165, 1.54) is 37.9 Å². The number of aromatic nitrogens is 2. The molecular formula is C50H61F4N9O5S. The van der Waals surface area contributed by atoms with Crippen LogP contribution in [-0.2, 0) is 25.3 Å². The van der Waals surface area contributed by atoms with Crippen LogP contribution in [0.5, 0.6) is 0 Å². The third-order valence-electron chi connectivity index (χ3n) is 13.0. The lowest BCUT2D eigenvalue weighted by Crippen LogP contribution is -2.47. The van der Waals surface area contributed by atoms with Gasteiger partial charge in [0.15, 0.2) is 0 Å². The van der Waals surface area contributed by atoms with E-state index in [4.69, 9.17) is 10.5 Å². The van der Waals surface area contributed by atoms with E-state index in [9.17, 15) is 32.7 Å². The van der Waals surface area contributed by atoms with Gasteiger partial charge in [-0.25, -0.2) is 14.4 Å². The summed E-state index contributed by atoms with van der Waals surface area (Å²) in [5.74, 6) is 5.33. The highest BCUT2D eigenvalue weighted by Gasteiger charge is 2.37. The molecule has 1 saturated carbocycles. The Morgan fingerprint density at radius 1 is 1.03 bits per heavy atom. The van der Waals surface area contributed by atoms with E-state index in [-0.39, 0.29) is 72.1 Å². The minimum atomic E-state index is -4.80. The first-order chi connectivity index (χ1) is 33.0. The largest absolute Gasteiger partial charge is 0.419 e. The van der Waals surface area contributed by atoms with Crippen molar-refractivity contribution in [2.24, 2.45) is 22.6 Å². The van der Waals surface area contributed by atoms with Crippen LogP contribution in [0.25, 0.3) is 5.57 Å². The average molecular weight is 976 g/mol. The summed E-state index contributed by atoms with van der Waals surface area (Å²) >= 11 is 1.34. The summed E-state index contributed by atoms with van der Waals surface area (Å²) in [5, 5.41) is 15.0. The van der Waals surface area contributed by atoms with Crippen molar-refractivity contribution in [2.45, 2.75) is 113 Å². The van der Waals surface area contributed by atoms with E-state index >= 15 is 4.39 Å². The van der Waals surface area contributed by atoms with Crippen LogP contribution < -0.4 is 21.1 Å². The average Bonchev–Trinajstić information content (AvgIpc) is 3.32. The fourth-order valence-electron chi connectivity index (χ4n) is 9.19. The number of benzene rings is 2. The molecule has 1 aromatic heterocycles. The molecule has 4 aliphatic rings. The molecule has 4 heterocycles. The van der Waals surface area contributed by atoms with Gasteiger partial charge >= 0.3 is 6.18 Å². The van der Waals surface area contributed by atoms with Crippen LogP contribution in [0.1, 0.15) is 106 Å². The predicted octanol–water partition coefficient (Wildman–Crippen LogP) is 6.97. The van der Waals surface area contributed by atoms with Gasteiger partial charge < -0.3 is 30.7 Å². The summed E-state index contributed by atoms with van der Waals surface area (Å²) in [7, 11) is 0. The summed E-state index contributed by atoms with van der Waals surface area (Å²) in [5.41, 5.74) is 4.24. The number of halogens is 4. The van der Waals surface area contributed by atoms with E-state index in [0.29, 0.717) is 42.9 Å². The first kappa shape index (κ1) is 51.5. The molecule has 0 radical (unpaired) electrons. The zero-order valence-electron chi connectivity index (χ0n) is 39.0. The highest BCUT2D eigenvalue weighted by atomic mass is 32.2. The van der Waals surface area contributed by atoms with E-state index in [1.54, 1.807) is 6.07 Å². The first-order valence-electron chi connectivity index (χ1n) is 23.6. The van der Waals surface area contributed by atoms with Crippen molar-refractivity contribution in [1.29, 1.82) is 0 Å². The fraction of sp³-hybridized carbons (Fsp3) is 0.520.